The van der Waals surface area contributed by atoms with Crippen molar-refractivity contribution in [3.8, 4) is 0 Å². The first kappa shape index (κ1) is 23.1. The molecule has 0 saturated carbocycles. The van der Waals surface area contributed by atoms with Gasteiger partial charge in [-0.3, -0.25) is 9.13 Å². The summed E-state index contributed by atoms with van der Waals surface area (Å²) in [7, 11) is -4.15. The Hall–Kier alpha value is -1.17. The summed E-state index contributed by atoms with van der Waals surface area (Å²) < 4.78 is 24.0. The highest BCUT2D eigenvalue weighted by molar-refractivity contribution is 7.53. The number of rotatable bonds is 11. The Balaban J connectivity index is 2.05. The zero-order valence-corrected chi connectivity index (χ0v) is 17.1. The van der Waals surface area contributed by atoms with Gasteiger partial charge in [-0.15, -0.1) is 0 Å². The molecule has 0 aliphatic heterocycles. The van der Waals surface area contributed by atoms with Gasteiger partial charge in [0.1, 0.15) is 17.9 Å². The van der Waals surface area contributed by atoms with Crippen molar-refractivity contribution in [1.82, 2.24) is 19.5 Å². The molecule has 11 nitrogen and oxygen atoms in total. The van der Waals surface area contributed by atoms with Crippen LogP contribution >= 0.6 is 19.2 Å². The number of hydrogen-bond acceptors (Lipinski definition) is 9. The van der Waals surface area contributed by atoms with Gasteiger partial charge in [0, 0.05) is 0 Å². The summed E-state index contributed by atoms with van der Waals surface area (Å²) >= 11 is 5.97. The number of hydrogen-bond donors (Lipinski definition) is 4. The van der Waals surface area contributed by atoms with E-state index in [0.29, 0.717) is 11.2 Å². The van der Waals surface area contributed by atoms with Crippen LogP contribution in [0.4, 0.5) is 0 Å². The lowest BCUT2D eigenvalue weighted by molar-refractivity contribution is -0.100. The number of aliphatic hydroxyl groups excluding tert-OH is 3. The van der Waals surface area contributed by atoms with Crippen molar-refractivity contribution in [3.63, 3.8) is 0 Å². The molecule has 28 heavy (non-hydrogen) atoms. The third-order valence-corrected chi connectivity index (χ3v) is 6.05. The summed E-state index contributed by atoms with van der Waals surface area (Å²) in [6.07, 6.45) is -0.144. The Labute approximate surface area is 166 Å². The van der Waals surface area contributed by atoms with E-state index in [4.69, 9.17) is 20.9 Å². The minimum atomic E-state index is -4.15. The Bertz CT molecular complexity index is 823. The maximum Gasteiger partial charge on any atom is 0.356 e. The highest BCUT2D eigenvalue weighted by Gasteiger charge is 2.31. The fraction of sp³-hybridized carbons (Fsp3) is 0.667. The van der Waals surface area contributed by atoms with Gasteiger partial charge < -0.3 is 29.5 Å². The molecule has 158 valence electrons. The Morgan fingerprint density at radius 1 is 1.32 bits per heavy atom. The zero-order chi connectivity index (χ0) is 20.9. The minimum absolute atomic E-state index is 0.0175. The maximum absolute atomic E-state index is 11.9. The molecule has 13 heteroatoms. The fourth-order valence-electron chi connectivity index (χ4n) is 2.44. The van der Waals surface area contributed by atoms with Crippen LogP contribution in [0.2, 0.25) is 5.15 Å². The average Bonchev–Trinajstić information content (AvgIpc) is 3.08. The Morgan fingerprint density at radius 2 is 2.04 bits per heavy atom. The van der Waals surface area contributed by atoms with E-state index < -0.39 is 38.5 Å². The van der Waals surface area contributed by atoms with Crippen LogP contribution in [0.3, 0.4) is 0 Å². The van der Waals surface area contributed by atoms with Crippen molar-refractivity contribution in [2.24, 2.45) is 0 Å². The zero-order valence-electron chi connectivity index (χ0n) is 15.4. The van der Waals surface area contributed by atoms with E-state index in [1.54, 1.807) is 13.8 Å². The second kappa shape index (κ2) is 10.0. The summed E-state index contributed by atoms with van der Waals surface area (Å²) in [6, 6.07) is 0. The van der Waals surface area contributed by atoms with Crippen LogP contribution in [0.15, 0.2) is 12.7 Å². The van der Waals surface area contributed by atoms with Crippen molar-refractivity contribution in [3.05, 3.63) is 17.8 Å². The van der Waals surface area contributed by atoms with Crippen LogP contribution in [0.1, 0.15) is 32.9 Å². The highest BCUT2D eigenvalue weighted by Crippen LogP contribution is 2.48. The van der Waals surface area contributed by atoms with Crippen molar-refractivity contribution in [1.29, 1.82) is 0 Å². The van der Waals surface area contributed by atoms with Gasteiger partial charge in [-0.25, -0.2) is 15.0 Å². The fourth-order valence-corrected chi connectivity index (χ4v) is 3.84. The van der Waals surface area contributed by atoms with Crippen LogP contribution in [0.25, 0.3) is 11.2 Å². The van der Waals surface area contributed by atoms with E-state index in [-0.39, 0.29) is 24.6 Å². The number of fused-ring (bicyclic) bond motifs is 1. The van der Waals surface area contributed by atoms with Crippen LogP contribution in [-0.4, -0.2) is 71.0 Å². The topological polar surface area (TPSA) is 160 Å². The van der Waals surface area contributed by atoms with E-state index in [2.05, 4.69) is 15.0 Å². The van der Waals surface area contributed by atoms with Crippen molar-refractivity contribution in [2.75, 3.05) is 13.2 Å². The molecule has 3 unspecified atom stereocenters. The SMILES string of the molecule is CCC(O)P(=O)(O)OC(C)CCO[C@H]([C@H](O)CO)n1cnc2c(Cl)ncnc21. The molecule has 0 bridgehead atoms. The quantitative estimate of drug-likeness (QED) is 0.295. The van der Waals surface area contributed by atoms with Gasteiger partial charge in [0.25, 0.3) is 0 Å². The normalized spacial score (nSPS) is 18.5. The van der Waals surface area contributed by atoms with Crippen molar-refractivity contribution < 1.29 is 34.0 Å². The van der Waals surface area contributed by atoms with E-state index >= 15 is 0 Å². The first-order valence-electron chi connectivity index (χ1n) is 8.63. The lowest BCUT2D eigenvalue weighted by Crippen LogP contribution is -2.30. The summed E-state index contributed by atoms with van der Waals surface area (Å²) in [5.41, 5.74) is 0.627. The molecular weight excluding hydrogens is 415 g/mol. The first-order valence-corrected chi connectivity index (χ1v) is 10.7. The van der Waals surface area contributed by atoms with Gasteiger partial charge in [0.05, 0.1) is 25.6 Å². The van der Waals surface area contributed by atoms with Crippen LogP contribution in [-0.2, 0) is 13.8 Å². The lowest BCUT2D eigenvalue weighted by Gasteiger charge is -2.25. The third kappa shape index (κ3) is 5.46. The molecule has 0 fully saturated rings. The number of imidazole rings is 1. The van der Waals surface area contributed by atoms with Gasteiger partial charge in [-0.1, -0.05) is 18.5 Å². The van der Waals surface area contributed by atoms with E-state index in [1.807, 2.05) is 0 Å². The lowest BCUT2D eigenvalue weighted by atomic mass is 10.3. The molecular formula is C15H24ClN4O7P. The second-order valence-electron chi connectivity index (χ2n) is 6.16. The number of aliphatic hydroxyl groups is 3. The van der Waals surface area contributed by atoms with E-state index in [9.17, 15) is 24.8 Å². The summed E-state index contributed by atoms with van der Waals surface area (Å²) in [5, 5.41) is 29.1. The molecule has 0 amide bonds. The first-order chi connectivity index (χ1) is 13.2. The average molecular weight is 439 g/mol. The Kier molecular flexibility index (Phi) is 8.29. The van der Waals surface area contributed by atoms with Gasteiger partial charge >= 0.3 is 7.60 Å². The monoisotopic (exact) mass is 438 g/mol. The van der Waals surface area contributed by atoms with E-state index in [0.717, 1.165) is 0 Å². The molecule has 2 aromatic heterocycles. The van der Waals surface area contributed by atoms with Gasteiger partial charge in [-0.05, 0) is 19.8 Å². The molecule has 0 spiro atoms. The second-order valence-corrected chi connectivity index (χ2v) is 8.45. The summed E-state index contributed by atoms with van der Waals surface area (Å²) in [6.45, 7) is 2.57. The molecule has 2 heterocycles. The largest absolute Gasteiger partial charge is 0.394 e. The molecule has 2 rings (SSSR count). The Morgan fingerprint density at radius 3 is 2.68 bits per heavy atom. The number of aromatic nitrogens is 4. The third-order valence-electron chi connectivity index (χ3n) is 3.99. The molecule has 0 aliphatic rings. The van der Waals surface area contributed by atoms with Crippen LogP contribution in [0, 0.1) is 0 Å². The number of nitrogens with zero attached hydrogens (tertiary/aromatic N) is 4. The standard InChI is InChI=1S/C15H24ClN4O7P/c1-3-11(23)28(24,25)27-9(2)4-5-26-15(10(22)6-21)20-8-19-12-13(16)17-7-18-14(12)20/h7-11,15,21-23H,3-6H2,1-2H3,(H,24,25)/t9?,10-,11?,15-/m1/s1. The van der Waals surface area contributed by atoms with E-state index in [1.165, 1.54) is 17.2 Å². The molecule has 5 atom stereocenters. The smallest absolute Gasteiger partial charge is 0.356 e. The van der Waals surface area contributed by atoms with Crippen LogP contribution < -0.4 is 0 Å². The predicted octanol–water partition coefficient (Wildman–Crippen LogP) is 1.06. The molecule has 0 aliphatic carbocycles. The minimum Gasteiger partial charge on any atom is -0.394 e. The van der Waals surface area contributed by atoms with Gasteiger partial charge in [0.2, 0.25) is 0 Å². The number of ether oxygens (including phenoxy) is 1. The number of halogens is 1. The highest BCUT2D eigenvalue weighted by atomic mass is 35.5. The molecule has 0 saturated heterocycles. The van der Waals surface area contributed by atoms with Gasteiger partial charge in [-0.2, -0.15) is 0 Å². The summed E-state index contributed by atoms with van der Waals surface area (Å²) in [5.74, 6) is -1.46. The van der Waals surface area contributed by atoms with Gasteiger partial charge in [0.15, 0.2) is 22.9 Å². The summed E-state index contributed by atoms with van der Waals surface area (Å²) in [4.78, 5) is 21.7. The molecule has 0 radical (unpaired) electrons. The predicted molar refractivity (Wildman–Crippen MR) is 99.7 cm³/mol. The molecule has 0 aromatic carbocycles. The maximum atomic E-state index is 11.9. The molecule has 4 N–H and O–H groups in total. The van der Waals surface area contributed by atoms with Crippen molar-refractivity contribution >= 4 is 30.4 Å². The molecule has 2 aromatic rings. The van der Waals surface area contributed by atoms with Crippen molar-refractivity contribution in [2.45, 2.75) is 51.0 Å². The van der Waals surface area contributed by atoms with Crippen LogP contribution in [0.5, 0.6) is 0 Å².